The van der Waals surface area contributed by atoms with Crippen LogP contribution in [0.25, 0.3) is 0 Å². The summed E-state index contributed by atoms with van der Waals surface area (Å²) in [4.78, 5) is 2.66. The van der Waals surface area contributed by atoms with Gasteiger partial charge in [0.15, 0.2) is 0 Å². The van der Waals surface area contributed by atoms with E-state index in [2.05, 4.69) is 11.0 Å². The van der Waals surface area contributed by atoms with Crippen molar-refractivity contribution in [2.45, 2.75) is 51.0 Å². The molecule has 2 aliphatic carbocycles. The van der Waals surface area contributed by atoms with Crippen molar-refractivity contribution in [3.05, 3.63) is 11.6 Å². The van der Waals surface area contributed by atoms with Gasteiger partial charge in [-0.1, -0.05) is 36.9 Å². The van der Waals surface area contributed by atoms with Gasteiger partial charge in [0.2, 0.25) is 0 Å². The molecular weight excluding hydrogens is 206 g/mol. The molecule has 86 valence electrons. The standard InChI is InChI=1S/C13H22ClN/c14-9-4-10-15(11-12-7-8-12)13-5-2-1-3-6-13/h4,9,12-13H,1-3,5-8,10-11H2/b9-4+. The summed E-state index contributed by atoms with van der Waals surface area (Å²) >= 11 is 5.63. The third kappa shape index (κ3) is 3.81. The molecule has 0 aromatic heterocycles. The quantitative estimate of drug-likeness (QED) is 0.691. The first kappa shape index (κ1) is 11.5. The summed E-state index contributed by atoms with van der Waals surface area (Å²) in [5.74, 6) is 0.996. The van der Waals surface area contributed by atoms with Gasteiger partial charge in [-0.25, -0.2) is 0 Å². The van der Waals surface area contributed by atoms with Gasteiger partial charge in [-0.05, 0) is 31.6 Å². The van der Waals surface area contributed by atoms with E-state index in [4.69, 9.17) is 11.6 Å². The molecular formula is C13H22ClN. The van der Waals surface area contributed by atoms with Gasteiger partial charge in [0.1, 0.15) is 0 Å². The van der Waals surface area contributed by atoms with Crippen molar-refractivity contribution >= 4 is 11.6 Å². The van der Waals surface area contributed by atoms with Crippen LogP contribution >= 0.6 is 11.6 Å². The third-order valence-corrected chi connectivity index (χ3v) is 3.89. The highest BCUT2D eigenvalue weighted by Crippen LogP contribution is 2.32. The van der Waals surface area contributed by atoms with E-state index < -0.39 is 0 Å². The zero-order valence-corrected chi connectivity index (χ0v) is 10.3. The van der Waals surface area contributed by atoms with E-state index in [1.54, 1.807) is 5.54 Å². The van der Waals surface area contributed by atoms with Gasteiger partial charge < -0.3 is 0 Å². The fourth-order valence-corrected chi connectivity index (χ4v) is 2.71. The lowest BCUT2D eigenvalue weighted by Crippen LogP contribution is -2.38. The van der Waals surface area contributed by atoms with Crippen LogP contribution in [0.1, 0.15) is 44.9 Å². The maximum atomic E-state index is 5.63. The fraction of sp³-hybridized carbons (Fsp3) is 0.846. The van der Waals surface area contributed by atoms with Crippen LogP contribution in [0.4, 0.5) is 0 Å². The first-order chi connectivity index (χ1) is 7.40. The second kappa shape index (κ2) is 5.91. The average Bonchev–Trinajstić information content (AvgIpc) is 3.09. The molecule has 1 nitrogen and oxygen atoms in total. The second-order valence-corrected chi connectivity index (χ2v) is 5.30. The van der Waals surface area contributed by atoms with Crippen LogP contribution in [0.3, 0.4) is 0 Å². The minimum Gasteiger partial charge on any atom is -0.296 e. The normalized spacial score (nSPS) is 24.1. The Kier molecular flexibility index (Phi) is 4.52. The number of nitrogens with zero attached hydrogens (tertiary/aromatic N) is 1. The minimum absolute atomic E-state index is 0.840. The Hall–Kier alpha value is -0.0100. The number of rotatable bonds is 5. The van der Waals surface area contributed by atoms with Crippen LogP contribution in [0.5, 0.6) is 0 Å². The van der Waals surface area contributed by atoms with Crippen molar-refractivity contribution in [3.8, 4) is 0 Å². The third-order valence-electron chi connectivity index (χ3n) is 3.71. The van der Waals surface area contributed by atoms with Crippen LogP contribution in [0.15, 0.2) is 11.6 Å². The predicted molar refractivity (Wildman–Crippen MR) is 66.2 cm³/mol. The summed E-state index contributed by atoms with van der Waals surface area (Å²) < 4.78 is 0. The summed E-state index contributed by atoms with van der Waals surface area (Å²) in [7, 11) is 0. The second-order valence-electron chi connectivity index (χ2n) is 5.05. The van der Waals surface area contributed by atoms with E-state index in [0.717, 1.165) is 18.5 Å². The van der Waals surface area contributed by atoms with Gasteiger partial charge in [-0.3, -0.25) is 4.90 Å². The molecule has 0 aromatic carbocycles. The molecule has 2 saturated carbocycles. The van der Waals surface area contributed by atoms with Crippen LogP contribution < -0.4 is 0 Å². The first-order valence-electron chi connectivity index (χ1n) is 6.39. The van der Waals surface area contributed by atoms with Crippen molar-refractivity contribution in [3.63, 3.8) is 0 Å². The maximum absolute atomic E-state index is 5.63. The summed E-state index contributed by atoms with van der Waals surface area (Å²) in [5, 5.41) is 0. The Labute approximate surface area is 98.5 Å². The topological polar surface area (TPSA) is 3.24 Å². The van der Waals surface area contributed by atoms with E-state index in [1.165, 1.54) is 51.5 Å². The summed E-state index contributed by atoms with van der Waals surface area (Å²) in [6.45, 7) is 2.37. The molecule has 0 heterocycles. The largest absolute Gasteiger partial charge is 0.296 e. The number of halogens is 1. The molecule has 0 saturated heterocycles. The maximum Gasteiger partial charge on any atom is 0.0177 e. The van der Waals surface area contributed by atoms with Gasteiger partial charge in [0.25, 0.3) is 0 Å². The van der Waals surface area contributed by atoms with Gasteiger partial charge in [-0.15, -0.1) is 0 Å². The molecule has 0 bridgehead atoms. The SMILES string of the molecule is Cl/C=C/CN(CC1CC1)C1CCCCC1. The molecule has 2 aliphatic rings. The summed E-state index contributed by atoms with van der Waals surface area (Å²) in [6, 6.07) is 0.840. The molecule has 0 N–H and O–H groups in total. The van der Waals surface area contributed by atoms with Crippen LogP contribution in [0.2, 0.25) is 0 Å². The van der Waals surface area contributed by atoms with Gasteiger partial charge >= 0.3 is 0 Å². The smallest absolute Gasteiger partial charge is 0.0177 e. The van der Waals surface area contributed by atoms with Gasteiger partial charge in [-0.2, -0.15) is 0 Å². The highest BCUT2D eigenvalue weighted by molar-refractivity contribution is 6.25. The Morgan fingerprint density at radius 2 is 1.80 bits per heavy atom. The van der Waals surface area contributed by atoms with Crippen molar-refractivity contribution in [1.82, 2.24) is 4.90 Å². The molecule has 0 atom stereocenters. The van der Waals surface area contributed by atoms with Gasteiger partial charge in [0.05, 0.1) is 0 Å². The van der Waals surface area contributed by atoms with Crippen molar-refractivity contribution in [1.29, 1.82) is 0 Å². The van der Waals surface area contributed by atoms with E-state index in [-0.39, 0.29) is 0 Å². The molecule has 2 fully saturated rings. The van der Waals surface area contributed by atoms with Crippen molar-refractivity contribution in [2.75, 3.05) is 13.1 Å². The molecule has 0 aromatic rings. The number of hydrogen-bond acceptors (Lipinski definition) is 1. The summed E-state index contributed by atoms with van der Waals surface area (Å²) in [5.41, 5.74) is 1.67. The van der Waals surface area contributed by atoms with Crippen LogP contribution in [0, 0.1) is 5.92 Å². The Bertz CT molecular complexity index is 205. The average molecular weight is 228 g/mol. The van der Waals surface area contributed by atoms with E-state index in [0.29, 0.717) is 0 Å². The fourth-order valence-electron chi connectivity index (χ4n) is 2.63. The molecule has 2 heteroatoms. The van der Waals surface area contributed by atoms with E-state index >= 15 is 0 Å². The van der Waals surface area contributed by atoms with Crippen LogP contribution in [-0.2, 0) is 0 Å². The highest BCUT2D eigenvalue weighted by atomic mass is 35.5. The molecule has 0 unspecified atom stereocenters. The molecule has 0 aliphatic heterocycles. The van der Waals surface area contributed by atoms with E-state index in [9.17, 15) is 0 Å². The van der Waals surface area contributed by atoms with E-state index in [1.807, 2.05) is 0 Å². The Morgan fingerprint density at radius 1 is 1.07 bits per heavy atom. The lowest BCUT2D eigenvalue weighted by molar-refractivity contribution is 0.166. The first-order valence-corrected chi connectivity index (χ1v) is 6.83. The molecule has 0 spiro atoms. The van der Waals surface area contributed by atoms with Gasteiger partial charge in [0, 0.05) is 24.7 Å². The summed E-state index contributed by atoms with van der Waals surface area (Å²) in [6.07, 6.45) is 12.1. The molecule has 0 radical (unpaired) electrons. The predicted octanol–water partition coefficient (Wildman–Crippen LogP) is 3.78. The van der Waals surface area contributed by atoms with Crippen molar-refractivity contribution < 1.29 is 0 Å². The minimum atomic E-state index is 0.840. The monoisotopic (exact) mass is 227 g/mol. The zero-order chi connectivity index (χ0) is 10.5. The molecule has 2 rings (SSSR count). The lowest BCUT2D eigenvalue weighted by Gasteiger charge is -2.33. The highest BCUT2D eigenvalue weighted by Gasteiger charge is 2.28. The molecule has 15 heavy (non-hydrogen) atoms. The van der Waals surface area contributed by atoms with Crippen LogP contribution in [-0.4, -0.2) is 24.0 Å². The zero-order valence-electron chi connectivity index (χ0n) is 9.50. The Morgan fingerprint density at radius 3 is 2.40 bits per heavy atom. The molecule has 0 amide bonds. The van der Waals surface area contributed by atoms with Crippen molar-refractivity contribution in [2.24, 2.45) is 5.92 Å². The Balaban J connectivity index is 1.83. The number of hydrogen-bond donors (Lipinski definition) is 0. The lowest BCUT2D eigenvalue weighted by atomic mass is 9.94.